The Labute approximate surface area is 229 Å². The SMILES string of the molecule is CN1CCN(CCNC(=O)c2ccc(-c3ccc4c(C(=O)NCC(=O)N5CCCC5)ccnc4c3)cc2)CC1. The third-order valence-corrected chi connectivity index (χ3v) is 7.64. The Bertz CT molecular complexity index is 1330. The Morgan fingerprint density at radius 1 is 0.821 bits per heavy atom. The van der Waals surface area contributed by atoms with Crippen LogP contribution in [0.15, 0.2) is 54.7 Å². The van der Waals surface area contributed by atoms with E-state index in [1.54, 1.807) is 17.2 Å². The molecule has 39 heavy (non-hydrogen) atoms. The normalized spacial score (nSPS) is 16.4. The van der Waals surface area contributed by atoms with E-state index < -0.39 is 0 Å². The number of carbonyl (C=O) groups excluding carboxylic acids is 3. The number of hydrogen-bond acceptors (Lipinski definition) is 6. The van der Waals surface area contributed by atoms with Crippen molar-refractivity contribution in [3.63, 3.8) is 0 Å². The van der Waals surface area contributed by atoms with E-state index in [1.807, 2.05) is 42.5 Å². The molecule has 0 atom stereocenters. The minimum absolute atomic E-state index is 0.00346. The average Bonchev–Trinajstić information content (AvgIpc) is 3.51. The number of benzene rings is 2. The Hall–Kier alpha value is -3.82. The predicted molar refractivity (Wildman–Crippen MR) is 152 cm³/mol. The summed E-state index contributed by atoms with van der Waals surface area (Å²) < 4.78 is 0. The second-order valence-corrected chi connectivity index (χ2v) is 10.3. The van der Waals surface area contributed by atoms with Crippen LogP contribution in [0.5, 0.6) is 0 Å². The number of amides is 3. The molecule has 2 aromatic carbocycles. The highest BCUT2D eigenvalue weighted by atomic mass is 16.2. The quantitative estimate of drug-likeness (QED) is 0.466. The molecule has 0 spiro atoms. The first-order chi connectivity index (χ1) is 19.0. The van der Waals surface area contributed by atoms with Crippen molar-refractivity contribution in [1.29, 1.82) is 0 Å². The summed E-state index contributed by atoms with van der Waals surface area (Å²) >= 11 is 0. The van der Waals surface area contributed by atoms with Crippen molar-refractivity contribution in [2.75, 3.05) is 66.0 Å². The van der Waals surface area contributed by atoms with Gasteiger partial charge < -0.3 is 20.4 Å². The summed E-state index contributed by atoms with van der Waals surface area (Å²) in [4.78, 5) is 48.7. The third-order valence-electron chi connectivity index (χ3n) is 7.64. The van der Waals surface area contributed by atoms with Crippen LogP contribution in [0.1, 0.15) is 33.6 Å². The van der Waals surface area contributed by atoms with Gasteiger partial charge in [-0.2, -0.15) is 0 Å². The van der Waals surface area contributed by atoms with Gasteiger partial charge in [-0.3, -0.25) is 24.3 Å². The molecule has 2 N–H and O–H groups in total. The zero-order valence-electron chi connectivity index (χ0n) is 22.5. The number of hydrogen-bond donors (Lipinski definition) is 2. The fraction of sp³-hybridized carbons (Fsp3) is 0.400. The van der Waals surface area contributed by atoms with Crippen LogP contribution in [0.4, 0.5) is 0 Å². The van der Waals surface area contributed by atoms with E-state index in [1.165, 1.54) is 0 Å². The number of carbonyl (C=O) groups is 3. The van der Waals surface area contributed by atoms with Crippen LogP contribution in [0.25, 0.3) is 22.0 Å². The second-order valence-electron chi connectivity index (χ2n) is 10.3. The van der Waals surface area contributed by atoms with E-state index >= 15 is 0 Å². The van der Waals surface area contributed by atoms with Gasteiger partial charge in [0.1, 0.15) is 0 Å². The molecule has 0 aliphatic carbocycles. The summed E-state index contributed by atoms with van der Waals surface area (Å²) in [5.74, 6) is -0.408. The minimum Gasteiger partial charge on any atom is -0.351 e. The molecular formula is C30H36N6O3. The zero-order chi connectivity index (χ0) is 27.2. The summed E-state index contributed by atoms with van der Waals surface area (Å²) in [6, 6.07) is 15.0. The van der Waals surface area contributed by atoms with E-state index in [-0.39, 0.29) is 24.3 Å². The fourth-order valence-electron chi connectivity index (χ4n) is 5.17. The molecule has 3 amide bonds. The van der Waals surface area contributed by atoms with Crippen molar-refractivity contribution in [3.05, 3.63) is 65.9 Å². The largest absolute Gasteiger partial charge is 0.351 e. The maximum atomic E-state index is 12.9. The number of aromatic nitrogens is 1. The zero-order valence-corrected chi connectivity index (χ0v) is 22.5. The van der Waals surface area contributed by atoms with Gasteiger partial charge in [-0.05, 0) is 55.3 Å². The van der Waals surface area contributed by atoms with Crippen molar-refractivity contribution in [3.8, 4) is 11.1 Å². The van der Waals surface area contributed by atoms with Gasteiger partial charge in [0.25, 0.3) is 11.8 Å². The molecule has 9 nitrogen and oxygen atoms in total. The second kappa shape index (κ2) is 12.4. The van der Waals surface area contributed by atoms with Crippen molar-refractivity contribution in [1.82, 2.24) is 30.3 Å². The molecule has 2 fully saturated rings. The summed E-state index contributed by atoms with van der Waals surface area (Å²) in [6.07, 6.45) is 3.65. The minimum atomic E-state index is -0.286. The van der Waals surface area contributed by atoms with E-state index in [2.05, 4.69) is 32.5 Å². The van der Waals surface area contributed by atoms with Crippen LogP contribution < -0.4 is 10.6 Å². The highest BCUT2D eigenvalue weighted by Crippen LogP contribution is 2.26. The van der Waals surface area contributed by atoms with Gasteiger partial charge >= 0.3 is 0 Å². The molecule has 0 bridgehead atoms. The molecular weight excluding hydrogens is 492 g/mol. The molecule has 204 valence electrons. The summed E-state index contributed by atoms with van der Waals surface area (Å²) in [5.41, 5.74) is 3.71. The molecule has 2 aliphatic heterocycles. The van der Waals surface area contributed by atoms with Crippen LogP contribution in [0, 0.1) is 0 Å². The van der Waals surface area contributed by atoms with Crippen molar-refractivity contribution < 1.29 is 14.4 Å². The van der Waals surface area contributed by atoms with Gasteiger partial charge in [-0.15, -0.1) is 0 Å². The lowest BCUT2D eigenvalue weighted by Gasteiger charge is -2.32. The monoisotopic (exact) mass is 528 g/mol. The Balaban J connectivity index is 1.19. The van der Waals surface area contributed by atoms with Crippen LogP contribution in [0.3, 0.4) is 0 Å². The van der Waals surface area contributed by atoms with Gasteiger partial charge in [0, 0.05) is 69.5 Å². The standard InChI is InChI=1S/C30H36N6O3/c1-34-16-18-35(19-17-34)15-12-32-29(38)23-6-4-22(5-7-23)24-8-9-25-26(10-11-31-27(25)20-24)30(39)33-21-28(37)36-13-2-3-14-36/h4-11,20H,2-3,12-19,21H2,1H3,(H,32,38)(H,33,39). The number of nitrogens with zero attached hydrogens (tertiary/aromatic N) is 4. The number of rotatable bonds is 8. The van der Waals surface area contributed by atoms with Gasteiger partial charge in [-0.25, -0.2) is 0 Å². The van der Waals surface area contributed by atoms with Crippen LogP contribution >= 0.6 is 0 Å². The average molecular weight is 529 g/mol. The molecule has 5 rings (SSSR count). The van der Waals surface area contributed by atoms with Crippen LogP contribution in [0.2, 0.25) is 0 Å². The Morgan fingerprint density at radius 3 is 2.28 bits per heavy atom. The number of nitrogens with one attached hydrogen (secondary N) is 2. The molecule has 0 unspecified atom stereocenters. The van der Waals surface area contributed by atoms with E-state index in [9.17, 15) is 14.4 Å². The van der Waals surface area contributed by atoms with Crippen LogP contribution in [-0.2, 0) is 4.79 Å². The molecule has 0 saturated carbocycles. The number of likely N-dealkylation sites (N-methyl/N-ethyl adjacent to an activating group) is 1. The lowest BCUT2D eigenvalue weighted by atomic mass is 10.00. The lowest BCUT2D eigenvalue weighted by molar-refractivity contribution is -0.129. The maximum Gasteiger partial charge on any atom is 0.252 e. The van der Waals surface area contributed by atoms with Crippen molar-refractivity contribution in [2.24, 2.45) is 0 Å². The van der Waals surface area contributed by atoms with Crippen molar-refractivity contribution >= 4 is 28.6 Å². The third kappa shape index (κ3) is 6.61. The topological polar surface area (TPSA) is 97.9 Å². The molecule has 2 aliphatic rings. The number of fused-ring (bicyclic) bond motifs is 1. The smallest absolute Gasteiger partial charge is 0.252 e. The first kappa shape index (κ1) is 26.8. The van der Waals surface area contributed by atoms with Gasteiger partial charge in [0.2, 0.25) is 5.91 Å². The highest BCUT2D eigenvalue weighted by Gasteiger charge is 2.19. The first-order valence-electron chi connectivity index (χ1n) is 13.7. The number of likely N-dealkylation sites (tertiary alicyclic amines) is 1. The molecule has 0 radical (unpaired) electrons. The molecule has 9 heteroatoms. The summed E-state index contributed by atoms with van der Waals surface area (Å²) in [7, 11) is 2.13. The maximum absolute atomic E-state index is 12.9. The lowest BCUT2D eigenvalue weighted by Crippen LogP contribution is -2.46. The van der Waals surface area contributed by atoms with Crippen LogP contribution in [-0.4, -0.2) is 103 Å². The Kier molecular flexibility index (Phi) is 8.48. The van der Waals surface area contributed by atoms with E-state index in [0.717, 1.165) is 75.2 Å². The van der Waals surface area contributed by atoms with Gasteiger partial charge in [-0.1, -0.05) is 24.3 Å². The highest BCUT2D eigenvalue weighted by molar-refractivity contribution is 6.07. The number of pyridine rings is 1. The van der Waals surface area contributed by atoms with Gasteiger partial charge in [0.15, 0.2) is 0 Å². The fourth-order valence-corrected chi connectivity index (χ4v) is 5.17. The number of piperazine rings is 1. The predicted octanol–water partition coefficient (Wildman–Crippen LogP) is 2.23. The molecule has 3 heterocycles. The van der Waals surface area contributed by atoms with E-state index in [4.69, 9.17) is 0 Å². The first-order valence-corrected chi connectivity index (χ1v) is 13.7. The van der Waals surface area contributed by atoms with E-state index in [0.29, 0.717) is 23.2 Å². The van der Waals surface area contributed by atoms with Gasteiger partial charge in [0.05, 0.1) is 17.6 Å². The summed E-state index contributed by atoms with van der Waals surface area (Å²) in [5, 5.41) is 6.52. The molecule has 1 aromatic heterocycles. The molecule has 3 aromatic rings. The molecule has 2 saturated heterocycles. The summed E-state index contributed by atoms with van der Waals surface area (Å²) in [6.45, 7) is 7.20. The Morgan fingerprint density at radius 2 is 1.54 bits per heavy atom. The van der Waals surface area contributed by atoms with Crippen molar-refractivity contribution in [2.45, 2.75) is 12.8 Å².